The van der Waals surface area contributed by atoms with Crippen LogP contribution in [0.25, 0.3) is 0 Å². The lowest BCUT2D eigenvalue weighted by molar-refractivity contribution is 0.122. The predicted molar refractivity (Wildman–Crippen MR) is 101 cm³/mol. The van der Waals surface area contributed by atoms with Crippen LogP contribution in [0.1, 0.15) is 0 Å². The van der Waals surface area contributed by atoms with Crippen molar-refractivity contribution in [2.45, 2.75) is 4.21 Å². The van der Waals surface area contributed by atoms with Gasteiger partial charge in [-0.3, -0.25) is 0 Å². The van der Waals surface area contributed by atoms with Gasteiger partial charge >= 0.3 is 0 Å². The van der Waals surface area contributed by atoms with Crippen LogP contribution in [0.5, 0.6) is 0 Å². The highest BCUT2D eigenvalue weighted by atomic mass is 79.9. The maximum Gasteiger partial charge on any atom is 0.250 e. The van der Waals surface area contributed by atoms with Crippen molar-refractivity contribution in [3.05, 3.63) is 28.2 Å². The van der Waals surface area contributed by atoms with Crippen molar-refractivity contribution in [2.75, 3.05) is 49.6 Å². The first-order valence-corrected chi connectivity index (χ1v) is 10.8. The van der Waals surface area contributed by atoms with Crippen LogP contribution in [-0.4, -0.2) is 58.0 Å². The molecule has 0 radical (unpaired) electrons. The molecule has 2 N–H and O–H groups in total. The van der Waals surface area contributed by atoms with Crippen molar-refractivity contribution in [2.24, 2.45) is 0 Å². The molecular weight excluding hydrogens is 430 g/mol. The smallest absolute Gasteiger partial charge is 0.250 e. The minimum Gasteiger partial charge on any atom is -0.378 e. The molecule has 11 heteroatoms. The lowest BCUT2D eigenvalue weighted by atomic mass is 10.3. The summed E-state index contributed by atoms with van der Waals surface area (Å²) in [5.74, 6) is 0.613. The molecule has 0 aliphatic carbocycles. The van der Waals surface area contributed by atoms with E-state index in [1.807, 2.05) is 6.07 Å². The molecule has 1 fully saturated rings. The molecule has 0 amide bonds. The Morgan fingerprint density at radius 1 is 1.28 bits per heavy atom. The molecule has 3 heterocycles. The standard InChI is InChI=1S/C14H18BrN5O3S2/c15-12-1-2-14(24-12)25(21,22)18-4-3-16-13-9-11(10-17-19-13)20-5-7-23-8-6-20/h1-2,9-10,18H,3-8H2,(H,16,19). The third kappa shape index (κ3) is 5.11. The van der Waals surface area contributed by atoms with Crippen LogP contribution in [0.15, 0.2) is 32.4 Å². The maximum atomic E-state index is 12.1. The van der Waals surface area contributed by atoms with Gasteiger partial charge in [0, 0.05) is 32.2 Å². The molecular formula is C14H18BrN5O3S2. The minimum absolute atomic E-state index is 0.251. The van der Waals surface area contributed by atoms with Crippen molar-refractivity contribution >= 4 is 48.8 Å². The molecule has 3 rings (SSSR count). The van der Waals surface area contributed by atoms with E-state index in [0.29, 0.717) is 25.6 Å². The van der Waals surface area contributed by atoms with E-state index in [1.165, 1.54) is 11.3 Å². The number of sulfonamides is 1. The number of thiophene rings is 1. The Kier molecular flexibility index (Phi) is 6.23. The van der Waals surface area contributed by atoms with Crippen molar-refractivity contribution < 1.29 is 13.2 Å². The lowest BCUT2D eigenvalue weighted by Crippen LogP contribution is -2.36. The monoisotopic (exact) mass is 447 g/mol. The van der Waals surface area contributed by atoms with E-state index < -0.39 is 10.0 Å². The molecule has 0 spiro atoms. The van der Waals surface area contributed by atoms with E-state index >= 15 is 0 Å². The first kappa shape index (κ1) is 18.5. The molecule has 25 heavy (non-hydrogen) atoms. The first-order chi connectivity index (χ1) is 12.0. The van der Waals surface area contributed by atoms with E-state index in [2.05, 4.69) is 41.1 Å². The summed E-state index contributed by atoms with van der Waals surface area (Å²) in [4.78, 5) is 2.18. The predicted octanol–water partition coefficient (Wildman–Crippen LogP) is 1.53. The van der Waals surface area contributed by atoms with Crippen molar-refractivity contribution in [1.29, 1.82) is 0 Å². The summed E-state index contributed by atoms with van der Waals surface area (Å²) in [6.45, 7) is 3.70. The summed E-state index contributed by atoms with van der Waals surface area (Å²) in [7, 11) is -3.48. The molecule has 8 nitrogen and oxygen atoms in total. The van der Waals surface area contributed by atoms with Gasteiger partial charge in [0.25, 0.3) is 0 Å². The third-order valence-corrected chi connectivity index (χ3v) is 7.13. The second-order valence-electron chi connectivity index (χ2n) is 5.28. The molecule has 2 aromatic rings. The Morgan fingerprint density at radius 2 is 2.08 bits per heavy atom. The highest BCUT2D eigenvalue weighted by Crippen LogP contribution is 2.25. The Hall–Kier alpha value is -1.27. The van der Waals surface area contributed by atoms with E-state index in [0.717, 1.165) is 22.6 Å². The van der Waals surface area contributed by atoms with Crippen molar-refractivity contribution in [3.8, 4) is 0 Å². The van der Waals surface area contributed by atoms with Crippen LogP contribution >= 0.6 is 27.3 Å². The van der Waals surface area contributed by atoms with Gasteiger partial charge in [-0.05, 0) is 28.1 Å². The summed E-state index contributed by atoms with van der Waals surface area (Å²) < 4.78 is 33.2. The first-order valence-electron chi connectivity index (χ1n) is 7.69. The number of morpholine rings is 1. The molecule has 0 bridgehead atoms. The van der Waals surface area contributed by atoms with Gasteiger partial charge in [-0.1, -0.05) is 0 Å². The number of halogens is 1. The molecule has 0 aromatic carbocycles. The van der Waals surface area contributed by atoms with Gasteiger partial charge < -0.3 is 15.0 Å². The molecule has 136 valence electrons. The molecule has 1 aliphatic heterocycles. The third-order valence-electron chi connectivity index (χ3n) is 3.55. The number of hydrogen-bond donors (Lipinski definition) is 2. The summed E-state index contributed by atoms with van der Waals surface area (Å²) >= 11 is 4.44. The van der Waals surface area contributed by atoms with Gasteiger partial charge in [-0.2, -0.15) is 5.10 Å². The second kappa shape index (κ2) is 8.41. The SMILES string of the molecule is O=S(=O)(NCCNc1cc(N2CCOCC2)cnn1)c1ccc(Br)s1. The summed E-state index contributed by atoms with van der Waals surface area (Å²) in [6.07, 6.45) is 1.72. The Morgan fingerprint density at radius 3 is 2.80 bits per heavy atom. The molecule has 2 aromatic heterocycles. The Bertz CT molecular complexity index is 808. The van der Waals surface area contributed by atoms with E-state index in [-0.39, 0.29) is 10.8 Å². The zero-order valence-electron chi connectivity index (χ0n) is 13.3. The number of hydrogen-bond acceptors (Lipinski definition) is 8. The molecule has 1 aliphatic rings. The largest absolute Gasteiger partial charge is 0.378 e. The fraction of sp³-hybridized carbons (Fsp3) is 0.429. The van der Waals surface area contributed by atoms with Gasteiger partial charge in [0.05, 0.1) is 28.9 Å². The zero-order valence-corrected chi connectivity index (χ0v) is 16.5. The Labute approximate surface area is 158 Å². The van der Waals surface area contributed by atoms with Crippen LogP contribution in [-0.2, 0) is 14.8 Å². The van der Waals surface area contributed by atoms with Crippen molar-refractivity contribution in [1.82, 2.24) is 14.9 Å². The second-order valence-corrected chi connectivity index (χ2v) is 9.74. The van der Waals surface area contributed by atoms with Crippen LogP contribution < -0.4 is 14.9 Å². The number of ether oxygens (including phenoxy) is 1. The lowest BCUT2D eigenvalue weighted by Gasteiger charge is -2.28. The van der Waals surface area contributed by atoms with Crippen molar-refractivity contribution in [3.63, 3.8) is 0 Å². The minimum atomic E-state index is -3.48. The summed E-state index contributed by atoms with van der Waals surface area (Å²) in [5, 5.41) is 11.1. The average Bonchev–Trinajstić information content (AvgIpc) is 3.07. The van der Waals surface area contributed by atoms with Crippen LogP contribution in [0, 0.1) is 0 Å². The fourth-order valence-corrected chi connectivity index (χ4v) is 5.41. The highest BCUT2D eigenvalue weighted by molar-refractivity contribution is 9.11. The number of nitrogens with zero attached hydrogens (tertiary/aromatic N) is 3. The number of rotatable bonds is 7. The van der Waals surface area contributed by atoms with Crippen LogP contribution in [0.2, 0.25) is 0 Å². The number of anilines is 2. The normalized spacial score (nSPS) is 15.3. The molecule has 0 atom stereocenters. The van der Waals surface area contributed by atoms with Gasteiger partial charge in [0.1, 0.15) is 4.21 Å². The summed E-state index contributed by atoms with van der Waals surface area (Å²) in [6, 6.07) is 5.19. The fourth-order valence-electron chi connectivity index (χ4n) is 2.33. The average molecular weight is 448 g/mol. The van der Waals surface area contributed by atoms with E-state index in [9.17, 15) is 8.42 Å². The molecule has 0 saturated carbocycles. The van der Waals surface area contributed by atoms with Gasteiger partial charge in [-0.15, -0.1) is 16.4 Å². The van der Waals surface area contributed by atoms with Gasteiger partial charge in [0.15, 0.2) is 5.82 Å². The molecule has 0 unspecified atom stereocenters. The maximum absolute atomic E-state index is 12.1. The van der Waals surface area contributed by atoms with Crippen LogP contribution in [0.4, 0.5) is 11.5 Å². The summed E-state index contributed by atoms with van der Waals surface area (Å²) in [5.41, 5.74) is 0.977. The topological polar surface area (TPSA) is 96.5 Å². The van der Waals surface area contributed by atoms with Crippen LogP contribution in [0.3, 0.4) is 0 Å². The number of nitrogens with one attached hydrogen (secondary N) is 2. The number of aromatic nitrogens is 2. The molecule has 1 saturated heterocycles. The highest BCUT2D eigenvalue weighted by Gasteiger charge is 2.16. The van der Waals surface area contributed by atoms with E-state index in [4.69, 9.17) is 4.74 Å². The zero-order chi connectivity index (χ0) is 17.7. The van der Waals surface area contributed by atoms with Gasteiger partial charge in [0.2, 0.25) is 10.0 Å². The Balaban J connectivity index is 1.50. The van der Waals surface area contributed by atoms with E-state index in [1.54, 1.807) is 18.3 Å². The quantitative estimate of drug-likeness (QED) is 0.621. The van der Waals surface area contributed by atoms with Gasteiger partial charge in [-0.25, -0.2) is 13.1 Å².